The summed E-state index contributed by atoms with van der Waals surface area (Å²) in [5, 5.41) is 5.36. The zero-order chi connectivity index (χ0) is 21.0. The maximum absolute atomic E-state index is 12.9. The highest BCUT2D eigenvalue weighted by Gasteiger charge is 2.26. The predicted molar refractivity (Wildman–Crippen MR) is 125 cm³/mol. The molecule has 154 valence electrons. The zero-order valence-corrected chi connectivity index (χ0v) is 17.2. The summed E-state index contributed by atoms with van der Waals surface area (Å²) in [5.74, 6) is 1.02. The van der Waals surface area contributed by atoms with Crippen LogP contribution in [0.3, 0.4) is 0 Å². The van der Waals surface area contributed by atoms with Gasteiger partial charge in [-0.05, 0) is 24.3 Å². The molecule has 0 atom stereocenters. The Morgan fingerprint density at radius 2 is 1.61 bits per heavy atom. The van der Waals surface area contributed by atoms with E-state index in [1.54, 1.807) is 6.33 Å². The lowest BCUT2D eigenvalue weighted by atomic mass is 9.95. The van der Waals surface area contributed by atoms with Crippen LogP contribution in [0.5, 0.6) is 0 Å². The second kappa shape index (κ2) is 8.56. The quantitative estimate of drug-likeness (QED) is 0.507. The molecule has 0 spiro atoms. The van der Waals surface area contributed by atoms with Gasteiger partial charge >= 0.3 is 0 Å². The van der Waals surface area contributed by atoms with Gasteiger partial charge in [0.1, 0.15) is 12.1 Å². The summed E-state index contributed by atoms with van der Waals surface area (Å²) < 4.78 is 0. The lowest BCUT2D eigenvalue weighted by Crippen LogP contribution is -2.38. The Balaban J connectivity index is 1.25. The van der Waals surface area contributed by atoms with Gasteiger partial charge in [-0.25, -0.2) is 9.97 Å². The summed E-state index contributed by atoms with van der Waals surface area (Å²) in [6.07, 6.45) is 3.24. The van der Waals surface area contributed by atoms with E-state index in [1.165, 1.54) is 0 Å². The number of fused-ring (bicyclic) bond motifs is 1. The van der Waals surface area contributed by atoms with Crippen molar-refractivity contribution < 1.29 is 4.79 Å². The van der Waals surface area contributed by atoms with Crippen LogP contribution in [0.2, 0.25) is 0 Å². The Morgan fingerprint density at radius 1 is 0.871 bits per heavy atom. The van der Waals surface area contributed by atoms with Crippen molar-refractivity contribution in [2.45, 2.75) is 12.8 Å². The van der Waals surface area contributed by atoms with Crippen molar-refractivity contribution in [2.24, 2.45) is 5.92 Å². The van der Waals surface area contributed by atoms with Gasteiger partial charge in [-0.3, -0.25) is 4.79 Å². The smallest absolute Gasteiger partial charge is 0.227 e. The number of carbonyl (C=O) groups is 1. The summed E-state index contributed by atoms with van der Waals surface area (Å²) in [6.45, 7) is 1.61. The van der Waals surface area contributed by atoms with Crippen molar-refractivity contribution in [3.05, 3.63) is 85.2 Å². The van der Waals surface area contributed by atoms with Gasteiger partial charge in [-0.2, -0.15) is 0 Å². The number of anilines is 2. The summed E-state index contributed by atoms with van der Waals surface area (Å²) >= 11 is 0. The first-order valence-corrected chi connectivity index (χ1v) is 10.7. The van der Waals surface area contributed by atoms with Gasteiger partial charge in [0.25, 0.3) is 0 Å². The van der Waals surface area contributed by atoms with Crippen LogP contribution in [-0.2, 0) is 4.79 Å². The van der Waals surface area contributed by atoms with Gasteiger partial charge < -0.3 is 10.2 Å². The van der Waals surface area contributed by atoms with E-state index in [4.69, 9.17) is 0 Å². The Kier molecular flexibility index (Phi) is 5.31. The normalized spacial score (nSPS) is 14.5. The standard InChI is InChI=1S/C26H24N4O/c31-26(29-23-12-6-10-19-7-4-5-11-22(19)23)21-13-15-30(16-14-21)25-17-24(27-18-28-25)20-8-2-1-3-9-20/h1-12,17-18,21H,13-16H2,(H,29,31). The van der Waals surface area contributed by atoms with E-state index < -0.39 is 0 Å². The second-order valence-electron chi connectivity index (χ2n) is 7.90. The highest BCUT2D eigenvalue weighted by Crippen LogP contribution is 2.27. The minimum Gasteiger partial charge on any atom is -0.356 e. The number of piperidine rings is 1. The number of carbonyl (C=O) groups excluding carboxylic acids is 1. The molecule has 2 heterocycles. The van der Waals surface area contributed by atoms with Gasteiger partial charge in [0.05, 0.1) is 5.69 Å². The molecule has 0 aliphatic carbocycles. The van der Waals surface area contributed by atoms with E-state index in [9.17, 15) is 4.79 Å². The van der Waals surface area contributed by atoms with Crippen molar-refractivity contribution in [3.8, 4) is 11.3 Å². The van der Waals surface area contributed by atoms with Gasteiger partial charge in [0, 0.05) is 41.7 Å². The van der Waals surface area contributed by atoms with Gasteiger partial charge in [-0.15, -0.1) is 0 Å². The zero-order valence-electron chi connectivity index (χ0n) is 17.2. The number of nitrogens with zero attached hydrogens (tertiary/aromatic N) is 3. The maximum atomic E-state index is 12.9. The van der Waals surface area contributed by atoms with Gasteiger partial charge in [-0.1, -0.05) is 66.7 Å². The molecule has 31 heavy (non-hydrogen) atoms. The van der Waals surface area contributed by atoms with Crippen molar-refractivity contribution in [1.29, 1.82) is 0 Å². The maximum Gasteiger partial charge on any atom is 0.227 e. The molecule has 1 aliphatic rings. The molecule has 5 nitrogen and oxygen atoms in total. The highest BCUT2D eigenvalue weighted by atomic mass is 16.1. The topological polar surface area (TPSA) is 58.1 Å². The SMILES string of the molecule is O=C(Nc1cccc2ccccc12)C1CCN(c2cc(-c3ccccc3)ncn2)CC1. The molecule has 4 aromatic rings. The molecular weight excluding hydrogens is 384 g/mol. The van der Waals surface area contributed by atoms with E-state index in [0.29, 0.717) is 0 Å². The van der Waals surface area contributed by atoms with Crippen LogP contribution < -0.4 is 10.2 Å². The first kappa shape index (κ1) is 19.2. The fourth-order valence-corrected chi connectivity index (χ4v) is 4.23. The number of rotatable bonds is 4. The molecule has 5 heteroatoms. The third-order valence-electron chi connectivity index (χ3n) is 5.96. The van der Waals surface area contributed by atoms with Crippen molar-refractivity contribution in [2.75, 3.05) is 23.3 Å². The molecule has 0 bridgehead atoms. The highest BCUT2D eigenvalue weighted by molar-refractivity contribution is 6.02. The van der Waals surface area contributed by atoms with Crippen LogP contribution in [-0.4, -0.2) is 29.0 Å². The van der Waals surface area contributed by atoms with Gasteiger partial charge in [0.15, 0.2) is 0 Å². The van der Waals surface area contributed by atoms with E-state index in [0.717, 1.165) is 59.5 Å². The molecule has 1 N–H and O–H groups in total. The number of nitrogens with one attached hydrogen (secondary N) is 1. The minimum atomic E-state index is 0.00523. The van der Waals surface area contributed by atoms with Crippen LogP contribution in [0.15, 0.2) is 85.2 Å². The molecule has 1 fully saturated rings. The Hall–Kier alpha value is -3.73. The first-order chi connectivity index (χ1) is 15.3. The molecule has 1 aromatic heterocycles. The van der Waals surface area contributed by atoms with Crippen molar-refractivity contribution in [1.82, 2.24) is 9.97 Å². The monoisotopic (exact) mass is 408 g/mol. The Labute approximate surface area is 181 Å². The second-order valence-corrected chi connectivity index (χ2v) is 7.90. The van der Waals surface area contributed by atoms with E-state index in [1.807, 2.05) is 54.6 Å². The first-order valence-electron chi connectivity index (χ1n) is 10.7. The van der Waals surface area contributed by atoms with Crippen molar-refractivity contribution in [3.63, 3.8) is 0 Å². The Morgan fingerprint density at radius 3 is 2.45 bits per heavy atom. The van der Waals surface area contributed by atoms with E-state index in [2.05, 4.69) is 44.5 Å². The van der Waals surface area contributed by atoms with Crippen LogP contribution >= 0.6 is 0 Å². The molecule has 3 aromatic carbocycles. The minimum absolute atomic E-state index is 0.00523. The number of aromatic nitrogens is 2. The Bertz CT molecular complexity index is 1190. The average Bonchev–Trinajstić information content (AvgIpc) is 2.85. The van der Waals surface area contributed by atoms with Crippen LogP contribution in [0, 0.1) is 5.92 Å². The lowest BCUT2D eigenvalue weighted by molar-refractivity contribution is -0.120. The van der Waals surface area contributed by atoms with E-state index in [-0.39, 0.29) is 11.8 Å². The molecule has 5 rings (SSSR count). The summed E-state index contributed by atoms with van der Waals surface area (Å²) in [5.41, 5.74) is 2.88. The van der Waals surface area contributed by atoms with Crippen molar-refractivity contribution >= 4 is 28.2 Å². The third kappa shape index (κ3) is 4.12. The molecule has 0 saturated carbocycles. The van der Waals surface area contributed by atoms with Crippen LogP contribution in [0.4, 0.5) is 11.5 Å². The summed E-state index contributed by atoms with van der Waals surface area (Å²) in [7, 11) is 0. The fraction of sp³-hybridized carbons (Fsp3) is 0.192. The average molecular weight is 409 g/mol. The predicted octanol–water partition coefficient (Wildman–Crippen LogP) is 5.15. The van der Waals surface area contributed by atoms with Gasteiger partial charge in [0.2, 0.25) is 5.91 Å². The number of benzene rings is 3. The van der Waals surface area contributed by atoms with Crippen LogP contribution in [0.25, 0.3) is 22.0 Å². The molecular formula is C26H24N4O. The molecule has 1 aliphatic heterocycles. The number of hydrogen-bond donors (Lipinski definition) is 1. The lowest BCUT2D eigenvalue weighted by Gasteiger charge is -2.32. The van der Waals surface area contributed by atoms with Crippen LogP contribution in [0.1, 0.15) is 12.8 Å². The molecule has 0 unspecified atom stereocenters. The van der Waals surface area contributed by atoms with E-state index >= 15 is 0 Å². The third-order valence-corrected chi connectivity index (χ3v) is 5.96. The summed E-state index contributed by atoms with van der Waals surface area (Å²) in [4.78, 5) is 24.1. The summed E-state index contributed by atoms with van der Waals surface area (Å²) in [6, 6.07) is 26.3. The molecule has 1 saturated heterocycles. The largest absolute Gasteiger partial charge is 0.356 e. The molecule has 1 amide bonds. The molecule has 0 radical (unpaired) electrons. The number of amides is 1. The fourth-order valence-electron chi connectivity index (χ4n) is 4.23. The number of hydrogen-bond acceptors (Lipinski definition) is 4.